The lowest BCUT2D eigenvalue weighted by atomic mass is 9.51. The molecule has 10 nitrogen and oxygen atoms in total. The summed E-state index contributed by atoms with van der Waals surface area (Å²) in [5.74, 6) is -3.66. The van der Waals surface area contributed by atoms with E-state index >= 15 is 4.79 Å². The number of thiophene rings is 2. The van der Waals surface area contributed by atoms with E-state index in [1.807, 2.05) is 55.6 Å². The van der Waals surface area contributed by atoms with E-state index in [1.165, 1.54) is 34.3 Å². The molecule has 13 heteroatoms. The molecule has 2 aliphatic carbocycles. The number of aromatic nitrogens is 2. The predicted molar refractivity (Wildman–Crippen MR) is 203 cm³/mol. The number of carbonyl (C=O) groups is 4. The fourth-order valence-electron chi connectivity index (χ4n) is 9.51. The van der Waals surface area contributed by atoms with Gasteiger partial charge in [0.1, 0.15) is 23.0 Å². The average Bonchev–Trinajstić information content (AvgIpc) is 3.95. The minimum absolute atomic E-state index is 0.00481. The molecule has 0 bridgehead atoms. The fraction of sp³-hybridized carbons (Fsp3) is 0.325. The number of phenols is 1. The van der Waals surface area contributed by atoms with Crippen LogP contribution < -0.4 is 9.64 Å². The van der Waals surface area contributed by atoms with Crippen molar-refractivity contribution in [2.75, 3.05) is 12.0 Å². The summed E-state index contributed by atoms with van der Waals surface area (Å²) < 4.78 is 8.42. The van der Waals surface area contributed by atoms with Crippen molar-refractivity contribution in [1.82, 2.24) is 14.7 Å². The summed E-state index contributed by atoms with van der Waals surface area (Å²) >= 11 is 9.38. The number of amides is 4. The molecule has 2 saturated heterocycles. The first-order valence-electron chi connectivity index (χ1n) is 17.5. The number of aromatic hydroxyl groups is 1. The van der Waals surface area contributed by atoms with Crippen molar-refractivity contribution >= 4 is 73.8 Å². The van der Waals surface area contributed by atoms with E-state index in [0.29, 0.717) is 34.3 Å². The van der Waals surface area contributed by atoms with E-state index in [-0.39, 0.29) is 42.3 Å². The Labute approximate surface area is 318 Å². The molecule has 5 heterocycles. The van der Waals surface area contributed by atoms with Gasteiger partial charge in [-0.3, -0.25) is 28.8 Å². The number of allylic oxidation sites excluding steroid dienone is 2. The highest BCUT2D eigenvalue weighted by atomic mass is 35.5. The van der Waals surface area contributed by atoms with Crippen molar-refractivity contribution in [2.24, 2.45) is 36.1 Å². The third-order valence-electron chi connectivity index (χ3n) is 12.0. The Morgan fingerprint density at radius 1 is 1.04 bits per heavy atom. The predicted octanol–water partition coefficient (Wildman–Crippen LogP) is 7.47. The third-order valence-corrected chi connectivity index (χ3v) is 14.4. The number of ether oxygens (including phenoxy) is 1. The number of phenolic OH excluding ortho intramolecular Hbond substituents is 1. The van der Waals surface area contributed by atoms with Crippen LogP contribution >= 0.6 is 34.3 Å². The number of fused-ring (bicyclic) bond motifs is 5. The number of methoxy groups -OCH3 is 1. The molecule has 53 heavy (non-hydrogen) atoms. The van der Waals surface area contributed by atoms with Crippen LogP contribution in [0.3, 0.4) is 0 Å². The SMILES string of the molecule is COc1cc(O)ccc1[C@H]1C2=CC[C@@H]3C(=O)N(Cc4cccs4)C(=O)[C@@H]3[C@@H]2C[C@H]2C(=O)N(c3cc(-c4sc5ccc(Cl)cc5c4C)nn3C)C(=O)[C@@]12C. The van der Waals surface area contributed by atoms with Crippen molar-refractivity contribution in [2.45, 2.75) is 39.2 Å². The van der Waals surface area contributed by atoms with E-state index in [4.69, 9.17) is 21.4 Å². The minimum atomic E-state index is -1.28. The highest BCUT2D eigenvalue weighted by Gasteiger charge is 2.68. The van der Waals surface area contributed by atoms with Gasteiger partial charge in [0, 0.05) is 45.3 Å². The molecule has 6 atom stereocenters. The topological polar surface area (TPSA) is 122 Å². The maximum atomic E-state index is 15.1. The summed E-state index contributed by atoms with van der Waals surface area (Å²) in [5.41, 5.74) is 1.84. The molecule has 2 aliphatic heterocycles. The molecule has 9 rings (SSSR count). The number of nitrogens with zero attached hydrogens (tertiary/aromatic N) is 4. The molecule has 3 fully saturated rings. The number of hydrogen-bond donors (Lipinski definition) is 1. The van der Waals surface area contributed by atoms with Crippen molar-refractivity contribution in [3.63, 3.8) is 0 Å². The lowest BCUT2D eigenvalue weighted by Gasteiger charge is -2.49. The zero-order valence-corrected chi connectivity index (χ0v) is 31.7. The number of aryl methyl sites for hydroxylation is 2. The summed E-state index contributed by atoms with van der Waals surface area (Å²) in [6.45, 7) is 4.05. The number of anilines is 1. The molecular formula is C40H35ClN4O6S2. The molecule has 2 aromatic carbocycles. The Balaban J connectivity index is 1.15. The summed E-state index contributed by atoms with van der Waals surface area (Å²) in [6, 6.07) is 16.1. The highest BCUT2D eigenvalue weighted by molar-refractivity contribution is 7.22. The molecule has 0 radical (unpaired) electrons. The van der Waals surface area contributed by atoms with Gasteiger partial charge in [-0.2, -0.15) is 5.10 Å². The van der Waals surface area contributed by atoms with Gasteiger partial charge in [-0.15, -0.1) is 22.7 Å². The Morgan fingerprint density at radius 3 is 2.60 bits per heavy atom. The van der Waals surface area contributed by atoms with Crippen LogP contribution in [0, 0.1) is 36.0 Å². The molecule has 270 valence electrons. The molecule has 5 aromatic rings. The summed E-state index contributed by atoms with van der Waals surface area (Å²) in [7, 11) is 3.22. The van der Waals surface area contributed by atoms with Crippen LogP contribution in [0.15, 0.2) is 71.6 Å². The van der Waals surface area contributed by atoms with Crippen LogP contribution in [0.25, 0.3) is 20.7 Å². The van der Waals surface area contributed by atoms with Gasteiger partial charge in [-0.1, -0.05) is 35.4 Å². The molecule has 1 saturated carbocycles. The van der Waals surface area contributed by atoms with E-state index in [9.17, 15) is 19.5 Å². The molecular weight excluding hydrogens is 732 g/mol. The maximum absolute atomic E-state index is 15.1. The first kappa shape index (κ1) is 34.0. The second kappa shape index (κ2) is 12.1. The van der Waals surface area contributed by atoms with Gasteiger partial charge < -0.3 is 9.84 Å². The zero-order chi connectivity index (χ0) is 37.1. The van der Waals surface area contributed by atoms with E-state index in [2.05, 4.69) is 0 Å². The lowest BCUT2D eigenvalue weighted by molar-refractivity contribution is -0.141. The van der Waals surface area contributed by atoms with Gasteiger partial charge in [0.2, 0.25) is 23.6 Å². The minimum Gasteiger partial charge on any atom is -0.508 e. The maximum Gasteiger partial charge on any atom is 0.242 e. The average molecular weight is 767 g/mol. The molecule has 4 amide bonds. The largest absolute Gasteiger partial charge is 0.508 e. The van der Waals surface area contributed by atoms with Crippen molar-refractivity contribution < 1.29 is 29.0 Å². The van der Waals surface area contributed by atoms with Crippen LogP contribution in [0.5, 0.6) is 11.5 Å². The van der Waals surface area contributed by atoms with Gasteiger partial charge in [-0.25, -0.2) is 4.90 Å². The van der Waals surface area contributed by atoms with Gasteiger partial charge in [0.25, 0.3) is 0 Å². The van der Waals surface area contributed by atoms with Crippen LogP contribution in [0.1, 0.15) is 41.7 Å². The number of likely N-dealkylation sites (tertiary alicyclic amines) is 1. The third kappa shape index (κ3) is 4.84. The number of halogens is 1. The Morgan fingerprint density at radius 2 is 1.85 bits per heavy atom. The lowest BCUT2D eigenvalue weighted by Crippen LogP contribution is -2.49. The van der Waals surface area contributed by atoms with Crippen molar-refractivity contribution in [3.05, 3.63) is 92.7 Å². The van der Waals surface area contributed by atoms with Crippen molar-refractivity contribution in [1.29, 1.82) is 0 Å². The van der Waals surface area contributed by atoms with Crippen LogP contribution in [-0.4, -0.2) is 50.5 Å². The summed E-state index contributed by atoms with van der Waals surface area (Å²) in [5, 5.41) is 18.8. The standard InChI is InChI=1S/C40H35ClN4O6S2/c1-19-26-14-20(41)7-12-31(26)53-35(19)29-17-32(43(3)42-29)45-37(48)28-16-27-23(34(40(28,2)39(45)50)24-9-8-21(46)15-30(24)51-4)10-11-25-33(27)38(49)44(36(25)47)18-22-6-5-13-52-22/h5-10,12-15,17,25,27-28,33-34,46H,11,16,18H2,1-4H3/t25-,27+,28-,33-,34+,40+/m0/s1. The Bertz CT molecular complexity index is 2430. The normalized spacial score (nSPS) is 26.7. The van der Waals surface area contributed by atoms with Gasteiger partial charge in [0.15, 0.2) is 0 Å². The van der Waals surface area contributed by atoms with Gasteiger partial charge in [-0.05, 0) is 79.3 Å². The fourth-order valence-corrected chi connectivity index (χ4v) is 11.5. The smallest absolute Gasteiger partial charge is 0.242 e. The number of imide groups is 2. The van der Waals surface area contributed by atoms with Crippen molar-refractivity contribution in [3.8, 4) is 22.1 Å². The quantitative estimate of drug-likeness (QED) is 0.141. The highest BCUT2D eigenvalue weighted by Crippen LogP contribution is 2.64. The van der Waals surface area contributed by atoms with E-state index in [1.54, 1.807) is 41.3 Å². The number of benzene rings is 2. The van der Waals surface area contributed by atoms with Crippen LogP contribution in [-0.2, 0) is 32.8 Å². The molecule has 3 aromatic heterocycles. The summed E-state index contributed by atoms with van der Waals surface area (Å²) in [6.07, 6.45) is 2.59. The van der Waals surface area contributed by atoms with E-state index in [0.717, 1.165) is 31.0 Å². The number of hydrogen-bond acceptors (Lipinski definition) is 9. The van der Waals surface area contributed by atoms with E-state index < -0.39 is 35.0 Å². The van der Waals surface area contributed by atoms with Crippen LogP contribution in [0.2, 0.25) is 5.02 Å². The molecule has 0 unspecified atom stereocenters. The van der Waals surface area contributed by atoms with Crippen LogP contribution in [0.4, 0.5) is 5.82 Å². The van der Waals surface area contributed by atoms with Gasteiger partial charge >= 0.3 is 0 Å². The Kier molecular flexibility index (Phi) is 7.78. The number of carbonyl (C=O) groups excluding carboxylic acids is 4. The second-order valence-electron chi connectivity index (χ2n) is 14.6. The molecule has 0 spiro atoms. The van der Waals surface area contributed by atoms with Gasteiger partial charge in [0.05, 0.1) is 41.7 Å². The first-order chi connectivity index (χ1) is 25.4. The molecule has 4 aliphatic rings. The zero-order valence-electron chi connectivity index (χ0n) is 29.3. The number of rotatable bonds is 6. The molecule has 1 N–H and O–H groups in total. The first-order valence-corrected chi connectivity index (χ1v) is 19.6. The monoisotopic (exact) mass is 766 g/mol. The Hall–Kier alpha value is -4.78. The second-order valence-corrected chi connectivity index (χ2v) is 17.2. The summed E-state index contributed by atoms with van der Waals surface area (Å²) in [4.78, 5) is 62.6.